The molecule has 1 atom stereocenters. The highest BCUT2D eigenvalue weighted by Crippen LogP contribution is 2.31. The summed E-state index contributed by atoms with van der Waals surface area (Å²) < 4.78 is 27.5. The summed E-state index contributed by atoms with van der Waals surface area (Å²) in [7, 11) is -3.87. The lowest BCUT2D eigenvalue weighted by Gasteiger charge is -2.32. The van der Waals surface area contributed by atoms with Crippen LogP contribution in [-0.2, 0) is 10.0 Å². The van der Waals surface area contributed by atoms with E-state index in [1.807, 2.05) is 0 Å². The Morgan fingerprint density at radius 1 is 0.968 bits per heavy atom. The lowest BCUT2D eigenvalue weighted by atomic mass is 10.1. The highest BCUT2D eigenvalue weighted by molar-refractivity contribution is 7.92. The van der Waals surface area contributed by atoms with Crippen LogP contribution in [0.25, 0.3) is 0 Å². The van der Waals surface area contributed by atoms with Crippen molar-refractivity contribution in [2.24, 2.45) is 21.5 Å². The molecule has 0 fully saturated rings. The van der Waals surface area contributed by atoms with Crippen molar-refractivity contribution in [1.29, 1.82) is 0 Å². The van der Waals surface area contributed by atoms with Gasteiger partial charge in [-0.2, -0.15) is 4.99 Å². The van der Waals surface area contributed by atoms with E-state index in [1.165, 1.54) is 24.5 Å². The minimum Gasteiger partial charge on any atom is -0.369 e. The van der Waals surface area contributed by atoms with Gasteiger partial charge in [0.05, 0.1) is 4.90 Å². The van der Waals surface area contributed by atoms with E-state index in [-0.39, 0.29) is 22.8 Å². The van der Waals surface area contributed by atoms with Crippen LogP contribution in [-0.4, -0.2) is 30.3 Å². The van der Waals surface area contributed by atoms with Crippen molar-refractivity contribution in [3.05, 3.63) is 77.6 Å². The number of nitrogens with zero attached hydrogens (tertiary/aromatic N) is 5. The lowest BCUT2D eigenvalue weighted by Crippen LogP contribution is -2.44. The van der Waals surface area contributed by atoms with E-state index in [0.717, 1.165) is 5.56 Å². The summed E-state index contributed by atoms with van der Waals surface area (Å²) in [6.07, 6.45) is 2.29. The van der Waals surface area contributed by atoms with Crippen molar-refractivity contribution in [1.82, 2.24) is 9.97 Å². The zero-order valence-corrected chi connectivity index (χ0v) is 17.5. The van der Waals surface area contributed by atoms with Gasteiger partial charge in [-0.05, 0) is 48.0 Å². The van der Waals surface area contributed by atoms with Gasteiger partial charge >= 0.3 is 0 Å². The Hall–Kier alpha value is -3.70. The van der Waals surface area contributed by atoms with Crippen LogP contribution in [0.15, 0.2) is 81.9 Å². The summed E-state index contributed by atoms with van der Waals surface area (Å²) in [5, 5.41) is 0.578. The fourth-order valence-corrected chi connectivity index (χ4v) is 4.04. The average Bonchev–Trinajstić information content (AvgIpc) is 2.74. The minimum absolute atomic E-state index is 0.0217. The summed E-state index contributed by atoms with van der Waals surface area (Å²) in [4.78, 5) is 17.8. The highest BCUT2D eigenvalue weighted by atomic mass is 35.5. The molecule has 2 heterocycles. The Labute approximate surface area is 183 Å². The maximum absolute atomic E-state index is 12.6. The summed E-state index contributed by atoms with van der Waals surface area (Å²) in [6, 6.07) is 14.7. The molecular formula is C19H17ClN8O2S. The monoisotopic (exact) mass is 456 g/mol. The molecule has 0 bridgehead atoms. The first kappa shape index (κ1) is 20.6. The first-order valence-corrected chi connectivity index (χ1v) is 10.8. The smallest absolute Gasteiger partial charge is 0.264 e. The lowest BCUT2D eigenvalue weighted by molar-refractivity contribution is 0.601. The van der Waals surface area contributed by atoms with Gasteiger partial charge in [-0.1, -0.05) is 23.7 Å². The average molecular weight is 457 g/mol. The zero-order chi connectivity index (χ0) is 22.0. The number of hydrogen-bond acceptors (Lipinski definition) is 9. The maximum Gasteiger partial charge on any atom is 0.264 e. The van der Waals surface area contributed by atoms with Gasteiger partial charge in [0.15, 0.2) is 6.17 Å². The van der Waals surface area contributed by atoms with Gasteiger partial charge in [-0.15, -0.1) is 0 Å². The number of aliphatic imine (C=N–C) groups is 2. The Morgan fingerprint density at radius 2 is 1.61 bits per heavy atom. The molecule has 1 aromatic heterocycles. The first-order chi connectivity index (χ1) is 14.8. The van der Waals surface area contributed by atoms with Crippen molar-refractivity contribution in [3.8, 4) is 0 Å². The molecule has 3 aromatic rings. The van der Waals surface area contributed by atoms with E-state index in [2.05, 4.69) is 24.7 Å². The number of aromatic nitrogens is 2. The second-order valence-corrected chi connectivity index (χ2v) is 8.54. The minimum atomic E-state index is -3.87. The van der Waals surface area contributed by atoms with Crippen molar-refractivity contribution in [3.63, 3.8) is 0 Å². The van der Waals surface area contributed by atoms with Crippen molar-refractivity contribution >= 4 is 45.2 Å². The number of hydrogen-bond donors (Lipinski definition) is 3. The van der Waals surface area contributed by atoms with Gasteiger partial charge in [0.1, 0.15) is 0 Å². The molecule has 0 spiro atoms. The Kier molecular flexibility index (Phi) is 5.44. The standard InChI is InChI=1S/C19H17ClN8O2S/c20-13-4-2-12(3-5-13)16-25-17(21)26-18(22)28(16)14-6-8-15(9-7-14)31(29,30)27-19-23-10-1-11-24-19/h1-11,16H,(H,23,24,27)(H4,21,22,25,26). The Balaban J connectivity index is 1.65. The summed E-state index contributed by atoms with van der Waals surface area (Å²) in [5.74, 6) is 0.144. The highest BCUT2D eigenvalue weighted by Gasteiger charge is 2.28. The van der Waals surface area contributed by atoms with E-state index < -0.39 is 16.2 Å². The molecule has 0 saturated heterocycles. The number of sulfonamides is 1. The number of guanidine groups is 2. The molecule has 5 N–H and O–H groups in total. The zero-order valence-electron chi connectivity index (χ0n) is 15.9. The van der Waals surface area contributed by atoms with E-state index in [4.69, 9.17) is 23.1 Å². The number of nitrogens with two attached hydrogens (primary N) is 2. The van der Waals surface area contributed by atoms with Crippen LogP contribution in [0, 0.1) is 0 Å². The fourth-order valence-electron chi connectivity index (χ4n) is 2.96. The molecule has 31 heavy (non-hydrogen) atoms. The van der Waals surface area contributed by atoms with E-state index in [0.29, 0.717) is 10.7 Å². The van der Waals surface area contributed by atoms with Gasteiger partial charge in [0.2, 0.25) is 17.9 Å². The third kappa shape index (κ3) is 4.42. The van der Waals surface area contributed by atoms with E-state index >= 15 is 0 Å². The topological polar surface area (TPSA) is 152 Å². The third-order valence-electron chi connectivity index (χ3n) is 4.36. The predicted molar refractivity (Wildman–Crippen MR) is 119 cm³/mol. The molecular weight excluding hydrogens is 440 g/mol. The van der Waals surface area contributed by atoms with Crippen LogP contribution in [0.2, 0.25) is 5.02 Å². The predicted octanol–water partition coefficient (Wildman–Crippen LogP) is 2.08. The fraction of sp³-hybridized carbons (Fsp3) is 0.0526. The first-order valence-electron chi connectivity index (χ1n) is 8.95. The summed E-state index contributed by atoms with van der Waals surface area (Å²) >= 11 is 5.99. The number of rotatable bonds is 5. The van der Waals surface area contributed by atoms with Gasteiger partial charge < -0.3 is 11.5 Å². The Bertz CT molecular complexity index is 1250. The molecule has 158 valence electrons. The van der Waals surface area contributed by atoms with Gasteiger partial charge in [-0.25, -0.2) is 28.1 Å². The van der Waals surface area contributed by atoms with Crippen LogP contribution >= 0.6 is 11.6 Å². The molecule has 0 radical (unpaired) electrons. The molecule has 0 saturated carbocycles. The number of nitrogens with one attached hydrogen (secondary N) is 1. The molecule has 2 aromatic carbocycles. The number of benzene rings is 2. The quantitative estimate of drug-likeness (QED) is 0.531. The van der Waals surface area contributed by atoms with Crippen molar-refractivity contribution in [2.45, 2.75) is 11.1 Å². The third-order valence-corrected chi connectivity index (χ3v) is 5.96. The molecule has 1 aliphatic rings. The van der Waals surface area contributed by atoms with Crippen LogP contribution in [0.4, 0.5) is 11.6 Å². The molecule has 0 aliphatic carbocycles. The number of anilines is 2. The largest absolute Gasteiger partial charge is 0.369 e. The van der Waals surface area contributed by atoms with Crippen molar-refractivity contribution in [2.75, 3.05) is 9.62 Å². The van der Waals surface area contributed by atoms with Gasteiger partial charge in [0.25, 0.3) is 10.0 Å². The van der Waals surface area contributed by atoms with Crippen LogP contribution in [0.5, 0.6) is 0 Å². The second-order valence-electron chi connectivity index (χ2n) is 6.42. The van der Waals surface area contributed by atoms with E-state index in [9.17, 15) is 8.42 Å². The summed E-state index contributed by atoms with van der Waals surface area (Å²) in [6.45, 7) is 0. The Morgan fingerprint density at radius 3 is 2.26 bits per heavy atom. The van der Waals surface area contributed by atoms with Crippen LogP contribution in [0.1, 0.15) is 11.7 Å². The van der Waals surface area contributed by atoms with Crippen LogP contribution in [0.3, 0.4) is 0 Å². The van der Waals surface area contributed by atoms with Crippen LogP contribution < -0.4 is 21.1 Å². The molecule has 4 rings (SSSR count). The normalized spacial score (nSPS) is 16.4. The maximum atomic E-state index is 12.6. The molecule has 10 nitrogen and oxygen atoms in total. The molecule has 1 unspecified atom stereocenters. The van der Waals surface area contributed by atoms with Crippen molar-refractivity contribution < 1.29 is 8.42 Å². The van der Waals surface area contributed by atoms with E-state index in [1.54, 1.807) is 47.4 Å². The summed E-state index contributed by atoms with van der Waals surface area (Å²) in [5.41, 5.74) is 13.3. The molecule has 0 amide bonds. The molecule has 12 heteroatoms. The van der Waals surface area contributed by atoms with Gasteiger partial charge in [-0.3, -0.25) is 4.90 Å². The SMILES string of the molecule is NC1=NC(c2ccc(Cl)cc2)N(c2ccc(S(=O)(=O)Nc3ncccn3)cc2)C(N)=N1. The second kappa shape index (κ2) is 8.20. The molecule has 1 aliphatic heterocycles. The van der Waals surface area contributed by atoms with Gasteiger partial charge in [0, 0.05) is 23.1 Å². The number of halogens is 1.